The van der Waals surface area contributed by atoms with E-state index in [1.54, 1.807) is 6.92 Å². The van der Waals surface area contributed by atoms with E-state index in [4.69, 9.17) is 4.74 Å². The third-order valence-corrected chi connectivity index (χ3v) is 5.18. The van der Waals surface area contributed by atoms with Crippen molar-refractivity contribution in [3.63, 3.8) is 0 Å². The first-order valence-electron chi connectivity index (χ1n) is 9.49. The van der Waals surface area contributed by atoms with E-state index in [2.05, 4.69) is 5.32 Å². The molecule has 0 aromatic heterocycles. The summed E-state index contributed by atoms with van der Waals surface area (Å²) in [7, 11) is 0. The lowest BCUT2D eigenvalue weighted by Crippen LogP contribution is -2.40. The zero-order chi connectivity index (χ0) is 20.4. The van der Waals surface area contributed by atoms with Crippen LogP contribution in [0.2, 0.25) is 0 Å². The SMILES string of the molecule is Cc1ccc([C@]2(C)NC(=O)N(Cc3ccccc3Oc3ccccc3)C2=O)cc1. The highest BCUT2D eigenvalue weighted by Crippen LogP contribution is 2.32. The van der Waals surface area contributed by atoms with Crippen LogP contribution >= 0.6 is 0 Å². The van der Waals surface area contributed by atoms with Crippen LogP contribution < -0.4 is 10.1 Å². The first-order valence-corrected chi connectivity index (χ1v) is 9.49. The second kappa shape index (κ2) is 7.43. The van der Waals surface area contributed by atoms with Gasteiger partial charge in [0, 0.05) is 5.56 Å². The quantitative estimate of drug-likeness (QED) is 0.644. The van der Waals surface area contributed by atoms with Gasteiger partial charge in [0.05, 0.1) is 6.54 Å². The molecule has 0 radical (unpaired) electrons. The van der Waals surface area contributed by atoms with Crippen LogP contribution in [0.5, 0.6) is 11.5 Å². The van der Waals surface area contributed by atoms with Gasteiger partial charge >= 0.3 is 6.03 Å². The van der Waals surface area contributed by atoms with E-state index >= 15 is 0 Å². The van der Waals surface area contributed by atoms with Gasteiger partial charge in [0.2, 0.25) is 0 Å². The summed E-state index contributed by atoms with van der Waals surface area (Å²) in [6.45, 7) is 3.86. The van der Waals surface area contributed by atoms with E-state index in [0.717, 1.165) is 16.7 Å². The van der Waals surface area contributed by atoms with Crippen molar-refractivity contribution in [3.05, 3.63) is 95.6 Å². The fourth-order valence-electron chi connectivity index (χ4n) is 3.44. The Balaban J connectivity index is 1.60. The smallest absolute Gasteiger partial charge is 0.325 e. The van der Waals surface area contributed by atoms with E-state index in [9.17, 15) is 9.59 Å². The van der Waals surface area contributed by atoms with Gasteiger partial charge in [-0.15, -0.1) is 0 Å². The molecule has 29 heavy (non-hydrogen) atoms. The van der Waals surface area contributed by atoms with Crippen LogP contribution in [-0.2, 0) is 16.9 Å². The number of nitrogens with one attached hydrogen (secondary N) is 1. The number of carbonyl (C=O) groups is 2. The lowest BCUT2D eigenvalue weighted by Gasteiger charge is -2.22. The number of benzene rings is 3. The highest BCUT2D eigenvalue weighted by Gasteiger charge is 2.49. The van der Waals surface area contributed by atoms with Crippen LogP contribution in [0.15, 0.2) is 78.9 Å². The number of amides is 3. The number of hydrogen-bond donors (Lipinski definition) is 1. The van der Waals surface area contributed by atoms with Gasteiger partial charge in [-0.1, -0.05) is 66.2 Å². The normalized spacial score (nSPS) is 18.6. The molecule has 1 fully saturated rings. The van der Waals surface area contributed by atoms with Crippen molar-refractivity contribution in [2.75, 3.05) is 0 Å². The monoisotopic (exact) mass is 386 g/mol. The first kappa shape index (κ1) is 18.7. The van der Waals surface area contributed by atoms with E-state index in [-0.39, 0.29) is 12.5 Å². The number of ether oxygens (including phenoxy) is 1. The molecule has 1 saturated heterocycles. The number of aryl methyl sites for hydroxylation is 1. The van der Waals surface area contributed by atoms with E-state index in [0.29, 0.717) is 11.5 Å². The third kappa shape index (κ3) is 3.59. The van der Waals surface area contributed by atoms with Gasteiger partial charge in [-0.05, 0) is 37.6 Å². The van der Waals surface area contributed by atoms with Gasteiger partial charge in [0.15, 0.2) is 0 Å². The zero-order valence-electron chi connectivity index (χ0n) is 16.4. The van der Waals surface area contributed by atoms with Crippen molar-refractivity contribution >= 4 is 11.9 Å². The van der Waals surface area contributed by atoms with Gasteiger partial charge in [-0.25, -0.2) is 4.79 Å². The number of nitrogens with zero attached hydrogens (tertiary/aromatic N) is 1. The van der Waals surface area contributed by atoms with Crippen molar-refractivity contribution in [1.29, 1.82) is 0 Å². The molecule has 3 aromatic carbocycles. The number of hydrogen-bond acceptors (Lipinski definition) is 3. The molecule has 5 nitrogen and oxygen atoms in total. The Kier molecular flexibility index (Phi) is 4.80. The fourth-order valence-corrected chi connectivity index (χ4v) is 3.44. The van der Waals surface area contributed by atoms with Gasteiger partial charge in [-0.2, -0.15) is 0 Å². The molecule has 0 bridgehead atoms. The van der Waals surface area contributed by atoms with Crippen LogP contribution in [0.25, 0.3) is 0 Å². The maximum absolute atomic E-state index is 13.2. The van der Waals surface area contributed by atoms with E-state index in [1.165, 1.54) is 4.90 Å². The third-order valence-electron chi connectivity index (χ3n) is 5.18. The predicted octanol–water partition coefficient (Wildman–Crippen LogP) is 4.75. The molecule has 0 saturated carbocycles. The second-order valence-corrected chi connectivity index (χ2v) is 7.34. The molecule has 146 valence electrons. The maximum Gasteiger partial charge on any atom is 0.325 e. The highest BCUT2D eigenvalue weighted by molar-refractivity contribution is 6.07. The summed E-state index contributed by atoms with van der Waals surface area (Å²) in [4.78, 5) is 27.1. The number of imide groups is 1. The number of para-hydroxylation sites is 2. The first-order chi connectivity index (χ1) is 14.0. The molecule has 5 heteroatoms. The van der Waals surface area contributed by atoms with Crippen molar-refractivity contribution in [2.24, 2.45) is 0 Å². The summed E-state index contributed by atoms with van der Waals surface area (Å²) in [5.41, 5.74) is 1.53. The van der Waals surface area contributed by atoms with Gasteiger partial charge in [-0.3, -0.25) is 9.69 Å². The average molecular weight is 386 g/mol. The summed E-state index contributed by atoms with van der Waals surface area (Å²) in [6, 6.07) is 24.1. The Labute approximate surface area is 169 Å². The van der Waals surface area contributed by atoms with Crippen LogP contribution in [-0.4, -0.2) is 16.8 Å². The summed E-state index contributed by atoms with van der Waals surface area (Å²) in [5, 5.41) is 2.85. The summed E-state index contributed by atoms with van der Waals surface area (Å²) >= 11 is 0. The maximum atomic E-state index is 13.2. The summed E-state index contributed by atoms with van der Waals surface area (Å²) < 4.78 is 5.97. The number of urea groups is 1. The minimum atomic E-state index is -1.08. The molecule has 1 heterocycles. The minimum Gasteiger partial charge on any atom is -0.457 e. The molecule has 0 unspecified atom stereocenters. The Morgan fingerprint density at radius 2 is 1.55 bits per heavy atom. The number of rotatable bonds is 5. The molecule has 1 N–H and O–H groups in total. The van der Waals surface area contributed by atoms with Crippen molar-refractivity contribution in [1.82, 2.24) is 10.2 Å². The molecule has 0 spiro atoms. The van der Waals surface area contributed by atoms with Crippen LogP contribution in [0.3, 0.4) is 0 Å². The van der Waals surface area contributed by atoms with Crippen LogP contribution in [0.1, 0.15) is 23.6 Å². The summed E-state index contributed by atoms with van der Waals surface area (Å²) in [5.74, 6) is 1.03. The molecule has 3 amide bonds. The number of carbonyl (C=O) groups excluding carboxylic acids is 2. The molecule has 1 aliphatic rings. The Morgan fingerprint density at radius 1 is 0.897 bits per heavy atom. The Morgan fingerprint density at radius 3 is 2.28 bits per heavy atom. The van der Waals surface area contributed by atoms with E-state index < -0.39 is 11.6 Å². The van der Waals surface area contributed by atoms with Gasteiger partial charge in [0.1, 0.15) is 17.0 Å². The standard InChI is InChI=1S/C24H22N2O3/c1-17-12-14-19(15-13-17)24(2)22(27)26(23(28)25-24)16-18-8-6-7-11-21(18)29-20-9-4-3-5-10-20/h3-15H,16H2,1-2H3,(H,25,28)/t24-/m0/s1. The molecule has 3 aromatic rings. The molecular formula is C24H22N2O3. The van der Waals surface area contributed by atoms with E-state index in [1.807, 2.05) is 85.8 Å². The molecule has 4 rings (SSSR count). The van der Waals surface area contributed by atoms with Crippen LogP contribution in [0.4, 0.5) is 4.79 Å². The fraction of sp³-hybridized carbons (Fsp3) is 0.167. The summed E-state index contributed by atoms with van der Waals surface area (Å²) in [6.07, 6.45) is 0. The Hall–Kier alpha value is -3.60. The molecular weight excluding hydrogens is 364 g/mol. The van der Waals surface area contributed by atoms with Crippen LogP contribution in [0, 0.1) is 6.92 Å². The second-order valence-electron chi connectivity index (χ2n) is 7.34. The minimum absolute atomic E-state index is 0.134. The highest BCUT2D eigenvalue weighted by atomic mass is 16.5. The lowest BCUT2D eigenvalue weighted by molar-refractivity contribution is -0.131. The Bertz CT molecular complexity index is 1050. The van der Waals surface area contributed by atoms with Crippen molar-refractivity contribution < 1.29 is 14.3 Å². The molecule has 1 atom stereocenters. The zero-order valence-corrected chi connectivity index (χ0v) is 16.4. The van der Waals surface area contributed by atoms with Crippen molar-refractivity contribution in [2.45, 2.75) is 25.9 Å². The van der Waals surface area contributed by atoms with Gasteiger partial charge < -0.3 is 10.1 Å². The largest absolute Gasteiger partial charge is 0.457 e. The molecule has 0 aliphatic carbocycles. The average Bonchev–Trinajstić information content (AvgIpc) is 2.94. The predicted molar refractivity (Wildman–Crippen MR) is 111 cm³/mol. The molecule has 1 aliphatic heterocycles. The van der Waals surface area contributed by atoms with Crippen molar-refractivity contribution in [3.8, 4) is 11.5 Å². The topological polar surface area (TPSA) is 58.6 Å². The lowest BCUT2D eigenvalue weighted by atomic mass is 9.91. The van der Waals surface area contributed by atoms with Gasteiger partial charge in [0.25, 0.3) is 5.91 Å².